The van der Waals surface area contributed by atoms with E-state index in [1.54, 1.807) is 24.4 Å². The summed E-state index contributed by atoms with van der Waals surface area (Å²) in [7, 11) is 0. The van der Waals surface area contributed by atoms with Gasteiger partial charge in [0.15, 0.2) is 0 Å². The zero-order chi connectivity index (χ0) is 11.5. The van der Waals surface area contributed by atoms with Crippen molar-refractivity contribution in [3.63, 3.8) is 0 Å². The molecule has 0 saturated carbocycles. The standard InChI is InChI=1S/C11H12N4O/c1-7-2-3-9(12)8(6-7)11(16)14-10-4-5-13-15-10/h2-6H,12H2,1H3,(H2,13,14,15,16). The highest BCUT2D eigenvalue weighted by Crippen LogP contribution is 2.15. The second-order valence-electron chi connectivity index (χ2n) is 3.52. The van der Waals surface area contributed by atoms with Gasteiger partial charge in [-0.2, -0.15) is 5.10 Å². The number of amides is 1. The van der Waals surface area contributed by atoms with Gasteiger partial charge in [-0.15, -0.1) is 0 Å². The number of nitrogens with two attached hydrogens (primary N) is 1. The summed E-state index contributed by atoms with van der Waals surface area (Å²) in [4.78, 5) is 11.8. The molecular weight excluding hydrogens is 204 g/mol. The number of anilines is 2. The van der Waals surface area contributed by atoms with Crippen molar-refractivity contribution in [3.05, 3.63) is 41.6 Å². The van der Waals surface area contributed by atoms with E-state index in [1.807, 2.05) is 13.0 Å². The lowest BCUT2D eigenvalue weighted by molar-refractivity contribution is 0.102. The SMILES string of the molecule is Cc1ccc(N)c(C(=O)Nc2ccn[nH]2)c1. The first-order valence-corrected chi connectivity index (χ1v) is 4.83. The highest BCUT2D eigenvalue weighted by molar-refractivity contribution is 6.07. The highest BCUT2D eigenvalue weighted by Gasteiger charge is 2.10. The molecule has 0 unspecified atom stereocenters. The molecular formula is C11H12N4O. The monoisotopic (exact) mass is 216 g/mol. The van der Waals surface area contributed by atoms with Gasteiger partial charge in [-0.25, -0.2) is 0 Å². The van der Waals surface area contributed by atoms with Crippen LogP contribution in [0.1, 0.15) is 15.9 Å². The number of aromatic amines is 1. The lowest BCUT2D eigenvalue weighted by Crippen LogP contribution is -2.14. The molecule has 0 aliphatic carbocycles. The van der Waals surface area contributed by atoms with E-state index < -0.39 is 0 Å². The number of carbonyl (C=O) groups is 1. The number of aromatic nitrogens is 2. The molecule has 16 heavy (non-hydrogen) atoms. The van der Waals surface area contributed by atoms with Gasteiger partial charge in [-0.1, -0.05) is 11.6 Å². The molecule has 2 rings (SSSR count). The maximum atomic E-state index is 11.8. The molecule has 0 aliphatic rings. The summed E-state index contributed by atoms with van der Waals surface area (Å²) in [6.45, 7) is 1.91. The number of nitrogens with one attached hydrogen (secondary N) is 2. The lowest BCUT2D eigenvalue weighted by Gasteiger charge is -2.06. The van der Waals surface area contributed by atoms with Crippen LogP contribution in [0, 0.1) is 6.92 Å². The van der Waals surface area contributed by atoms with Crippen LogP contribution < -0.4 is 11.1 Å². The van der Waals surface area contributed by atoms with Gasteiger partial charge in [-0.3, -0.25) is 9.89 Å². The van der Waals surface area contributed by atoms with Crippen molar-refractivity contribution in [2.45, 2.75) is 6.92 Å². The van der Waals surface area contributed by atoms with Gasteiger partial charge in [0, 0.05) is 11.8 Å². The summed E-state index contributed by atoms with van der Waals surface area (Å²) in [6.07, 6.45) is 1.56. The summed E-state index contributed by atoms with van der Waals surface area (Å²) in [5.41, 5.74) is 7.65. The van der Waals surface area contributed by atoms with Crippen molar-refractivity contribution in [1.29, 1.82) is 0 Å². The predicted molar refractivity (Wildman–Crippen MR) is 62.1 cm³/mol. The highest BCUT2D eigenvalue weighted by atomic mass is 16.1. The van der Waals surface area contributed by atoms with Crippen LogP contribution in [-0.2, 0) is 0 Å². The molecule has 0 spiro atoms. The number of aryl methyl sites for hydroxylation is 1. The van der Waals surface area contributed by atoms with Crippen LogP contribution in [-0.4, -0.2) is 16.1 Å². The van der Waals surface area contributed by atoms with Crippen molar-refractivity contribution in [2.24, 2.45) is 0 Å². The van der Waals surface area contributed by atoms with Gasteiger partial charge in [-0.05, 0) is 19.1 Å². The predicted octanol–water partition coefficient (Wildman–Crippen LogP) is 1.55. The minimum Gasteiger partial charge on any atom is -0.398 e. The number of H-pyrrole nitrogens is 1. The van der Waals surface area contributed by atoms with Crippen LogP contribution in [0.4, 0.5) is 11.5 Å². The first-order chi connectivity index (χ1) is 7.66. The first kappa shape index (κ1) is 10.2. The number of benzene rings is 1. The number of hydrogen-bond donors (Lipinski definition) is 3. The fourth-order valence-electron chi connectivity index (χ4n) is 1.38. The van der Waals surface area contributed by atoms with Gasteiger partial charge in [0.25, 0.3) is 5.91 Å². The molecule has 1 amide bonds. The third-order valence-electron chi connectivity index (χ3n) is 2.20. The molecule has 1 aromatic carbocycles. The average molecular weight is 216 g/mol. The maximum Gasteiger partial charge on any atom is 0.258 e. The molecule has 2 aromatic rings. The minimum absolute atomic E-state index is 0.245. The van der Waals surface area contributed by atoms with E-state index in [0.29, 0.717) is 17.1 Å². The Balaban J connectivity index is 2.24. The molecule has 4 N–H and O–H groups in total. The fourth-order valence-corrected chi connectivity index (χ4v) is 1.38. The number of hydrogen-bond acceptors (Lipinski definition) is 3. The molecule has 0 saturated heterocycles. The van der Waals surface area contributed by atoms with Gasteiger partial charge in [0.2, 0.25) is 0 Å². The first-order valence-electron chi connectivity index (χ1n) is 4.83. The van der Waals surface area contributed by atoms with Crippen LogP contribution in [0.15, 0.2) is 30.5 Å². The van der Waals surface area contributed by atoms with E-state index in [4.69, 9.17) is 5.73 Å². The Labute approximate surface area is 92.7 Å². The molecule has 0 bridgehead atoms. The smallest absolute Gasteiger partial charge is 0.258 e. The summed E-state index contributed by atoms with van der Waals surface area (Å²) in [6, 6.07) is 7.00. The maximum absolute atomic E-state index is 11.8. The van der Waals surface area contributed by atoms with Crippen LogP contribution in [0.25, 0.3) is 0 Å². The third-order valence-corrected chi connectivity index (χ3v) is 2.20. The topological polar surface area (TPSA) is 83.8 Å². The summed E-state index contributed by atoms with van der Waals surface area (Å²) < 4.78 is 0. The molecule has 1 heterocycles. The molecule has 1 aromatic heterocycles. The van der Waals surface area contributed by atoms with Gasteiger partial charge in [0.1, 0.15) is 5.82 Å². The van der Waals surface area contributed by atoms with Gasteiger partial charge >= 0.3 is 0 Å². The molecule has 82 valence electrons. The number of rotatable bonds is 2. The second kappa shape index (κ2) is 4.06. The van der Waals surface area contributed by atoms with Crippen LogP contribution >= 0.6 is 0 Å². The van der Waals surface area contributed by atoms with Crippen molar-refractivity contribution in [1.82, 2.24) is 10.2 Å². The number of nitrogen functional groups attached to an aromatic ring is 1. The van der Waals surface area contributed by atoms with Crippen LogP contribution in [0.5, 0.6) is 0 Å². The zero-order valence-corrected chi connectivity index (χ0v) is 8.82. The number of nitrogens with zero attached hydrogens (tertiary/aromatic N) is 1. The zero-order valence-electron chi connectivity index (χ0n) is 8.82. The van der Waals surface area contributed by atoms with Gasteiger partial charge < -0.3 is 11.1 Å². The fraction of sp³-hybridized carbons (Fsp3) is 0.0909. The largest absolute Gasteiger partial charge is 0.398 e. The summed E-state index contributed by atoms with van der Waals surface area (Å²) in [5, 5.41) is 9.06. The van der Waals surface area contributed by atoms with Crippen LogP contribution in [0.3, 0.4) is 0 Å². The molecule has 5 heteroatoms. The van der Waals surface area contributed by atoms with E-state index in [1.165, 1.54) is 0 Å². The molecule has 0 fully saturated rings. The Bertz CT molecular complexity index is 505. The Hall–Kier alpha value is -2.30. The average Bonchev–Trinajstić information content (AvgIpc) is 2.74. The Morgan fingerprint density at radius 1 is 1.44 bits per heavy atom. The van der Waals surface area contributed by atoms with E-state index >= 15 is 0 Å². The summed E-state index contributed by atoms with van der Waals surface area (Å²) in [5.74, 6) is 0.302. The normalized spacial score (nSPS) is 10.1. The van der Waals surface area contributed by atoms with Crippen molar-refractivity contribution >= 4 is 17.4 Å². The van der Waals surface area contributed by atoms with Crippen molar-refractivity contribution < 1.29 is 4.79 Å². The Kier molecular flexibility index (Phi) is 2.59. The van der Waals surface area contributed by atoms with Gasteiger partial charge in [0.05, 0.1) is 11.8 Å². The number of carbonyl (C=O) groups excluding carboxylic acids is 1. The van der Waals surface area contributed by atoms with Crippen molar-refractivity contribution in [2.75, 3.05) is 11.1 Å². The Morgan fingerprint density at radius 3 is 2.94 bits per heavy atom. The molecule has 0 radical (unpaired) electrons. The second-order valence-corrected chi connectivity index (χ2v) is 3.52. The minimum atomic E-state index is -0.245. The molecule has 0 atom stereocenters. The lowest BCUT2D eigenvalue weighted by atomic mass is 10.1. The molecule has 0 aliphatic heterocycles. The van der Waals surface area contributed by atoms with E-state index in [-0.39, 0.29) is 5.91 Å². The van der Waals surface area contributed by atoms with Crippen LogP contribution in [0.2, 0.25) is 0 Å². The summed E-state index contributed by atoms with van der Waals surface area (Å²) >= 11 is 0. The third kappa shape index (κ3) is 2.03. The van der Waals surface area contributed by atoms with E-state index in [0.717, 1.165) is 5.56 Å². The molecule has 5 nitrogen and oxygen atoms in total. The Morgan fingerprint density at radius 2 is 2.25 bits per heavy atom. The quantitative estimate of drug-likeness (QED) is 0.666. The van der Waals surface area contributed by atoms with E-state index in [2.05, 4.69) is 15.5 Å². The van der Waals surface area contributed by atoms with E-state index in [9.17, 15) is 4.79 Å². The van der Waals surface area contributed by atoms with Crippen molar-refractivity contribution in [3.8, 4) is 0 Å².